The van der Waals surface area contributed by atoms with Crippen LogP contribution < -0.4 is 0 Å². The van der Waals surface area contributed by atoms with Crippen LogP contribution in [0.3, 0.4) is 0 Å². The number of aliphatic hydroxyl groups excluding tert-OH is 1. The molecule has 0 amide bonds. The molecule has 2 heteroatoms. The summed E-state index contributed by atoms with van der Waals surface area (Å²) in [7, 11) is 0. The Labute approximate surface area is 121 Å². The Balaban J connectivity index is 1.81. The molecule has 1 fully saturated rings. The Kier molecular flexibility index (Phi) is 3.43. The first-order valence-electron chi connectivity index (χ1n) is 7.45. The number of hydrogen-bond donors (Lipinski definition) is 1. The Morgan fingerprint density at radius 3 is 2.45 bits per heavy atom. The van der Waals surface area contributed by atoms with Gasteiger partial charge in [-0.05, 0) is 67.9 Å². The molecular formula is C18H23NO. The van der Waals surface area contributed by atoms with E-state index < -0.39 is 0 Å². The van der Waals surface area contributed by atoms with E-state index >= 15 is 0 Å². The van der Waals surface area contributed by atoms with Crippen LogP contribution in [-0.2, 0) is 6.54 Å². The predicted octanol–water partition coefficient (Wildman–Crippen LogP) is 3.91. The largest absolute Gasteiger partial charge is 0.388 e. The molecule has 1 aliphatic rings. The lowest BCUT2D eigenvalue weighted by atomic mass is 10.00. The fourth-order valence-electron chi connectivity index (χ4n) is 3.06. The van der Waals surface area contributed by atoms with Crippen LogP contribution in [0.5, 0.6) is 0 Å². The van der Waals surface area contributed by atoms with Gasteiger partial charge in [-0.25, -0.2) is 0 Å². The average Bonchev–Trinajstić information content (AvgIpc) is 3.12. The smallest absolute Gasteiger partial charge is 0.0832 e. The summed E-state index contributed by atoms with van der Waals surface area (Å²) in [6.07, 6.45) is 6.25. The Bertz CT molecular complexity index is 599. The van der Waals surface area contributed by atoms with Crippen LogP contribution in [0.15, 0.2) is 30.6 Å². The molecule has 3 rings (SSSR count). The van der Waals surface area contributed by atoms with Gasteiger partial charge in [0.15, 0.2) is 0 Å². The molecule has 0 spiro atoms. The van der Waals surface area contributed by atoms with E-state index in [9.17, 15) is 5.11 Å². The van der Waals surface area contributed by atoms with Crippen LogP contribution in [0.1, 0.15) is 46.8 Å². The highest BCUT2D eigenvalue weighted by Crippen LogP contribution is 2.40. The number of aliphatic hydroxyl groups is 1. The normalized spacial score (nSPS) is 16.4. The van der Waals surface area contributed by atoms with Crippen LogP contribution in [0.4, 0.5) is 0 Å². The van der Waals surface area contributed by atoms with Gasteiger partial charge in [-0.3, -0.25) is 0 Å². The molecule has 1 aromatic heterocycles. The third kappa shape index (κ3) is 2.66. The first-order valence-corrected chi connectivity index (χ1v) is 7.45. The van der Waals surface area contributed by atoms with Gasteiger partial charge in [-0.1, -0.05) is 17.7 Å². The van der Waals surface area contributed by atoms with Crippen LogP contribution in [0, 0.1) is 26.7 Å². The third-order valence-electron chi connectivity index (χ3n) is 4.36. The van der Waals surface area contributed by atoms with E-state index in [1.54, 1.807) is 0 Å². The summed E-state index contributed by atoms with van der Waals surface area (Å²) < 4.78 is 2.19. The highest BCUT2D eigenvalue weighted by molar-refractivity contribution is 5.37. The molecule has 0 radical (unpaired) electrons. The summed E-state index contributed by atoms with van der Waals surface area (Å²) in [4.78, 5) is 0. The van der Waals surface area contributed by atoms with Crippen molar-refractivity contribution in [1.82, 2.24) is 4.57 Å². The zero-order valence-electron chi connectivity index (χ0n) is 12.6. The maximum Gasteiger partial charge on any atom is 0.0832 e. The molecule has 106 valence electrons. The van der Waals surface area contributed by atoms with Crippen molar-refractivity contribution in [3.8, 4) is 0 Å². The molecule has 20 heavy (non-hydrogen) atoms. The lowest BCUT2D eigenvalue weighted by Crippen LogP contribution is -2.03. The number of aromatic nitrogens is 1. The zero-order valence-corrected chi connectivity index (χ0v) is 12.6. The average molecular weight is 269 g/mol. The van der Waals surface area contributed by atoms with Gasteiger partial charge in [0, 0.05) is 18.9 Å². The standard InChI is InChI=1S/C18H23NO/c1-12-8-13(2)17(14(3)9-12)11-19-7-6-16(10-19)18(20)15-4-5-15/h6-10,15,18,20H,4-5,11H2,1-3H3. The first-order chi connectivity index (χ1) is 9.54. The second-order valence-electron chi connectivity index (χ2n) is 6.28. The van der Waals surface area contributed by atoms with Gasteiger partial charge in [0.25, 0.3) is 0 Å². The highest BCUT2D eigenvalue weighted by atomic mass is 16.3. The van der Waals surface area contributed by atoms with Gasteiger partial charge in [0.2, 0.25) is 0 Å². The predicted molar refractivity (Wildman–Crippen MR) is 81.9 cm³/mol. The van der Waals surface area contributed by atoms with E-state index in [1.165, 1.54) is 35.1 Å². The van der Waals surface area contributed by atoms with Gasteiger partial charge in [0.05, 0.1) is 6.10 Å². The first kappa shape index (κ1) is 13.4. The molecule has 2 nitrogen and oxygen atoms in total. The monoisotopic (exact) mass is 269 g/mol. The zero-order chi connectivity index (χ0) is 14.3. The molecule has 0 bridgehead atoms. The van der Waals surface area contributed by atoms with Crippen molar-refractivity contribution in [3.63, 3.8) is 0 Å². The van der Waals surface area contributed by atoms with Crippen LogP contribution in [0.25, 0.3) is 0 Å². The molecule has 1 aliphatic carbocycles. The molecule has 1 saturated carbocycles. The maximum absolute atomic E-state index is 10.2. The minimum atomic E-state index is -0.267. The van der Waals surface area contributed by atoms with Crippen molar-refractivity contribution in [2.75, 3.05) is 0 Å². The summed E-state index contributed by atoms with van der Waals surface area (Å²) in [5, 5.41) is 10.2. The summed E-state index contributed by atoms with van der Waals surface area (Å²) in [6, 6.07) is 6.54. The fraction of sp³-hybridized carbons (Fsp3) is 0.444. The second kappa shape index (κ2) is 5.10. The summed E-state index contributed by atoms with van der Waals surface area (Å²) in [5.74, 6) is 0.494. The van der Waals surface area contributed by atoms with Gasteiger partial charge >= 0.3 is 0 Å². The fourth-order valence-corrected chi connectivity index (χ4v) is 3.06. The number of hydrogen-bond acceptors (Lipinski definition) is 1. The number of benzene rings is 1. The summed E-state index contributed by atoms with van der Waals surface area (Å²) in [6.45, 7) is 7.39. The Morgan fingerprint density at radius 1 is 1.20 bits per heavy atom. The lowest BCUT2D eigenvalue weighted by Gasteiger charge is -2.12. The van der Waals surface area contributed by atoms with E-state index in [1.807, 2.05) is 0 Å². The molecule has 1 heterocycles. The SMILES string of the molecule is Cc1cc(C)c(Cn2ccc(C(O)C3CC3)c2)c(C)c1. The van der Waals surface area contributed by atoms with Crippen LogP contribution in [0.2, 0.25) is 0 Å². The van der Waals surface area contributed by atoms with Crippen molar-refractivity contribution in [2.24, 2.45) is 5.92 Å². The van der Waals surface area contributed by atoms with E-state index in [0.717, 1.165) is 12.1 Å². The maximum atomic E-state index is 10.2. The van der Waals surface area contributed by atoms with Gasteiger partial charge in [-0.15, -0.1) is 0 Å². The lowest BCUT2D eigenvalue weighted by molar-refractivity contribution is 0.154. The number of rotatable bonds is 4. The van der Waals surface area contributed by atoms with E-state index in [0.29, 0.717) is 5.92 Å². The van der Waals surface area contributed by atoms with Crippen molar-refractivity contribution in [2.45, 2.75) is 46.3 Å². The van der Waals surface area contributed by atoms with Gasteiger partial charge in [-0.2, -0.15) is 0 Å². The van der Waals surface area contributed by atoms with Gasteiger partial charge < -0.3 is 9.67 Å². The topological polar surface area (TPSA) is 25.2 Å². The van der Waals surface area contributed by atoms with E-state index in [2.05, 4.69) is 55.9 Å². The van der Waals surface area contributed by atoms with Crippen molar-refractivity contribution in [3.05, 3.63) is 58.4 Å². The Morgan fingerprint density at radius 2 is 1.85 bits per heavy atom. The molecule has 1 aromatic carbocycles. The van der Waals surface area contributed by atoms with Crippen molar-refractivity contribution < 1.29 is 5.11 Å². The molecule has 1 atom stereocenters. The van der Waals surface area contributed by atoms with E-state index in [4.69, 9.17) is 0 Å². The third-order valence-corrected chi connectivity index (χ3v) is 4.36. The quantitative estimate of drug-likeness (QED) is 0.894. The highest BCUT2D eigenvalue weighted by Gasteiger charge is 2.31. The molecule has 1 unspecified atom stereocenters. The summed E-state index contributed by atoms with van der Waals surface area (Å²) >= 11 is 0. The minimum Gasteiger partial charge on any atom is -0.388 e. The van der Waals surface area contributed by atoms with Gasteiger partial charge in [0.1, 0.15) is 0 Å². The Hall–Kier alpha value is -1.54. The minimum absolute atomic E-state index is 0.267. The van der Waals surface area contributed by atoms with E-state index in [-0.39, 0.29) is 6.10 Å². The number of aryl methyl sites for hydroxylation is 3. The van der Waals surface area contributed by atoms with Crippen LogP contribution in [-0.4, -0.2) is 9.67 Å². The van der Waals surface area contributed by atoms with Crippen molar-refractivity contribution in [1.29, 1.82) is 0 Å². The molecule has 0 saturated heterocycles. The molecule has 1 N–H and O–H groups in total. The summed E-state index contributed by atoms with van der Waals surface area (Å²) in [5.41, 5.74) is 6.47. The van der Waals surface area contributed by atoms with Crippen LogP contribution >= 0.6 is 0 Å². The molecule has 2 aromatic rings. The second-order valence-corrected chi connectivity index (χ2v) is 6.28. The molecule has 0 aliphatic heterocycles. The van der Waals surface area contributed by atoms with Crippen molar-refractivity contribution >= 4 is 0 Å². The number of nitrogens with zero attached hydrogens (tertiary/aromatic N) is 1. The molecular weight excluding hydrogens is 246 g/mol.